The number of hydrogen-bond donors (Lipinski definition) is 2. The van der Waals surface area contributed by atoms with Crippen LogP contribution in [0, 0.1) is 0 Å². The van der Waals surface area contributed by atoms with Crippen molar-refractivity contribution >= 4 is 17.6 Å². The fourth-order valence-electron chi connectivity index (χ4n) is 2.73. The number of nitrogens with one attached hydrogen (secondary N) is 2. The molecule has 0 aliphatic rings. The van der Waals surface area contributed by atoms with Crippen LogP contribution in [0.2, 0.25) is 0 Å². The number of aromatic nitrogens is 3. The van der Waals surface area contributed by atoms with Crippen LogP contribution in [-0.2, 0) is 7.05 Å². The number of carbonyl (C=O) groups excluding carboxylic acids is 2. The molecule has 7 nitrogen and oxygen atoms in total. The molecular formula is C20H21N5O2. The van der Waals surface area contributed by atoms with Gasteiger partial charge in [0.15, 0.2) is 5.82 Å². The van der Waals surface area contributed by atoms with Crippen LogP contribution in [-0.4, -0.2) is 33.6 Å². The summed E-state index contributed by atoms with van der Waals surface area (Å²) in [5.41, 5.74) is 2.25. The molecule has 2 N–H and O–H groups in total. The van der Waals surface area contributed by atoms with Gasteiger partial charge in [0.2, 0.25) is 0 Å². The van der Waals surface area contributed by atoms with Gasteiger partial charge in [0.25, 0.3) is 11.8 Å². The highest BCUT2D eigenvalue weighted by molar-refractivity contribution is 6.05. The fourth-order valence-corrected chi connectivity index (χ4v) is 2.73. The van der Waals surface area contributed by atoms with Crippen LogP contribution in [0.3, 0.4) is 0 Å². The van der Waals surface area contributed by atoms with E-state index >= 15 is 0 Å². The van der Waals surface area contributed by atoms with Gasteiger partial charge in [-0.15, -0.1) is 0 Å². The van der Waals surface area contributed by atoms with Crippen molar-refractivity contribution < 1.29 is 9.59 Å². The molecule has 2 aromatic heterocycles. The summed E-state index contributed by atoms with van der Waals surface area (Å²) in [7, 11) is 3.30. The van der Waals surface area contributed by atoms with Gasteiger partial charge in [0.05, 0.1) is 0 Å². The molecule has 1 atom stereocenters. The number of anilines is 1. The molecule has 138 valence electrons. The van der Waals surface area contributed by atoms with Gasteiger partial charge in [0.1, 0.15) is 5.69 Å². The van der Waals surface area contributed by atoms with E-state index in [2.05, 4.69) is 20.7 Å². The largest absolute Gasteiger partial charge is 0.354 e. The summed E-state index contributed by atoms with van der Waals surface area (Å²) >= 11 is 0. The van der Waals surface area contributed by atoms with Crippen LogP contribution in [0.4, 0.5) is 5.82 Å². The first kappa shape index (κ1) is 18.3. The summed E-state index contributed by atoms with van der Waals surface area (Å²) in [6, 6.07) is 14.7. The Morgan fingerprint density at radius 1 is 1.07 bits per heavy atom. The van der Waals surface area contributed by atoms with Crippen LogP contribution in [0.1, 0.15) is 44.9 Å². The lowest BCUT2D eigenvalue weighted by Gasteiger charge is -2.14. The molecule has 1 aromatic carbocycles. The number of aryl methyl sites for hydroxylation is 1. The Morgan fingerprint density at radius 2 is 1.81 bits per heavy atom. The van der Waals surface area contributed by atoms with Crippen molar-refractivity contribution in [3.63, 3.8) is 0 Å². The smallest absolute Gasteiger partial charge is 0.269 e. The van der Waals surface area contributed by atoms with E-state index in [0.29, 0.717) is 17.1 Å². The Labute approximate surface area is 157 Å². The van der Waals surface area contributed by atoms with E-state index in [4.69, 9.17) is 0 Å². The van der Waals surface area contributed by atoms with Gasteiger partial charge in [-0.1, -0.05) is 37.3 Å². The lowest BCUT2D eigenvalue weighted by molar-refractivity contribution is 0.0958. The minimum Gasteiger partial charge on any atom is -0.354 e. The van der Waals surface area contributed by atoms with Gasteiger partial charge in [-0.3, -0.25) is 14.3 Å². The predicted molar refractivity (Wildman–Crippen MR) is 103 cm³/mol. The Kier molecular flexibility index (Phi) is 5.30. The molecular weight excluding hydrogens is 342 g/mol. The molecule has 0 bridgehead atoms. The zero-order valence-corrected chi connectivity index (χ0v) is 15.4. The number of pyridine rings is 1. The molecule has 0 aliphatic heterocycles. The number of hydrogen-bond acceptors (Lipinski definition) is 4. The molecule has 0 saturated carbocycles. The zero-order valence-electron chi connectivity index (χ0n) is 15.4. The maximum Gasteiger partial charge on any atom is 0.269 e. The van der Waals surface area contributed by atoms with Crippen molar-refractivity contribution in [1.82, 2.24) is 20.1 Å². The van der Waals surface area contributed by atoms with Gasteiger partial charge >= 0.3 is 0 Å². The molecule has 0 radical (unpaired) electrons. The first-order valence-electron chi connectivity index (χ1n) is 8.58. The Balaban J connectivity index is 1.97. The first-order valence-corrected chi connectivity index (χ1v) is 8.58. The highest BCUT2D eigenvalue weighted by atomic mass is 16.2. The summed E-state index contributed by atoms with van der Waals surface area (Å²) < 4.78 is 1.60. The van der Waals surface area contributed by atoms with Crippen molar-refractivity contribution in [2.75, 3.05) is 12.4 Å². The van der Waals surface area contributed by atoms with E-state index in [0.717, 1.165) is 5.56 Å². The molecule has 0 aliphatic carbocycles. The Hall–Kier alpha value is -3.48. The maximum atomic E-state index is 12.7. The van der Waals surface area contributed by atoms with Crippen LogP contribution >= 0.6 is 0 Å². The summed E-state index contributed by atoms with van der Waals surface area (Å²) in [6.07, 6.45) is 1.74. The molecule has 0 spiro atoms. The van der Waals surface area contributed by atoms with Crippen molar-refractivity contribution in [2.24, 2.45) is 7.05 Å². The third-order valence-corrected chi connectivity index (χ3v) is 4.27. The quantitative estimate of drug-likeness (QED) is 0.729. The van der Waals surface area contributed by atoms with Crippen molar-refractivity contribution in [1.29, 1.82) is 0 Å². The number of amides is 2. The maximum absolute atomic E-state index is 12.7. The molecule has 0 unspecified atom stereocenters. The highest BCUT2D eigenvalue weighted by Gasteiger charge is 2.18. The van der Waals surface area contributed by atoms with Gasteiger partial charge in [0, 0.05) is 43.5 Å². The average molecular weight is 363 g/mol. The fraction of sp³-hybridized carbons (Fsp3) is 0.200. The van der Waals surface area contributed by atoms with E-state index in [9.17, 15) is 9.59 Å². The molecule has 3 aromatic rings. The molecule has 7 heteroatoms. The number of rotatable bonds is 5. The topological polar surface area (TPSA) is 88.9 Å². The standard InChI is InChI=1S/C20H21N5O2/c1-13(14-7-5-4-6-8-14)16-11-15(12-17(22-16)20(27)21-2)19(26)23-18-9-10-25(3)24-18/h4-13H,1-3H3,(H,21,27)(H,23,24,26)/t13-/m0/s1. The molecule has 2 heterocycles. The molecule has 2 amide bonds. The summed E-state index contributed by atoms with van der Waals surface area (Å²) in [5.74, 6) is -0.317. The minimum atomic E-state index is -0.345. The van der Waals surface area contributed by atoms with E-state index in [1.807, 2.05) is 37.3 Å². The Bertz CT molecular complexity index is 966. The van der Waals surface area contributed by atoms with E-state index in [-0.39, 0.29) is 23.4 Å². The molecule has 3 rings (SSSR count). The summed E-state index contributed by atoms with van der Waals surface area (Å²) in [5, 5.41) is 9.44. The number of nitrogens with zero attached hydrogens (tertiary/aromatic N) is 3. The van der Waals surface area contributed by atoms with E-state index in [1.54, 1.807) is 30.1 Å². The van der Waals surface area contributed by atoms with Gasteiger partial charge in [-0.2, -0.15) is 5.10 Å². The van der Waals surface area contributed by atoms with Crippen LogP contribution in [0.15, 0.2) is 54.7 Å². The second-order valence-electron chi connectivity index (χ2n) is 6.21. The highest BCUT2D eigenvalue weighted by Crippen LogP contribution is 2.24. The lowest BCUT2D eigenvalue weighted by Crippen LogP contribution is -2.22. The third-order valence-electron chi connectivity index (χ3n) is 4.27. The normalized spacial score (nSPS) is 11.7. The van der Waals surface area contributed by atoms with Gasteiger partial charge < -0.3 is 10.6 Å². The van der Waals surface area contributed by atoms with Gasteiger partial charge in [-0.25, -0.2) is 4.98 Å². The molecule has 0 saturated heterocycles. The minimum absolute atomic E-state index is 0.0720. The van der Waals surface area contributed by atoms with Gasteiger partial charge in [-0.05, 0) is 17.7 Å². The lowest BCUT2D eigenvalue weighted by atomic mass is 9.96. The monoisotopic (exact) mass is 363 g/mol. The van der Waals surface area contributed by atoms with Crippen LogP contribution in [0.25, 0.3) is 0 Å². The second kappa shape index (κ2) is 7.82. The van der Waals surface area contributed by atoms with Crippen molar-refractivity contribution in [3.8, 4) is 0 Å². The third kappa shape index (κ3) is 4.20. The average Bonchev–Trinajstić information content (AvgIpc) is 3.11. The predicted octanol–water partition coefficient (Wildman–Crippen LogP) is 2.58. The SMILES string of the molecule is CNC(=O)c1cc(C(=O)Nc2ccn(C)n2)cc([C@@H](C)c2ccccc2)n1. The molecule has 27 heavy (non-hydrogen) atoms. The van der Waals surface area contributed by atoms with Crippen molar-refractivity contribution in [2.45, 2.75) is 12.8 Å². The van der Waals surface area contributed by atoms with Crippen molar-refractivity contribution in [3.05, 3.63) is 77.2 Å². The van der Waals surface area contributed by atoms with E-state index in [1.165, 1.54) is 13.1 Å². The summed E-state index contributed by atoms with van der Waals surface area (Å²) in [6.45, 7) is 1.99. The second-order valence-corrected chi connectivity index (χ2v) is 6.21. The number of carbonyl (C=O) groups is 2. The van der Waals surface area contributed by atoms with Crippen LogP contribution in [0.5, 0.6) is 0 Å². The molecule has 0 fully saturated rings. The Morgan fingerprint density at radius 3 is 2.44 bits per heavy atom. The van der Waals surface area contributed by atoms with Crippen LogP contribution < -0.4 is 10.6 Å². The van der Waals surface area contributed by atoms with E-state index < -0.39 is 0 Å². The zero-order chi connectivity index (χ0) is 19.4. The number of benzene rings is 1. The summed E-state index contributed by atoms with van der Waals surface area (Å²) in [4.78, 5) is 29.3. The first-order chi connectivity index (χ1) is 13.0.